The largest absolute Gasteiger partial charge is 0.508 e. The molecule has 1 aliphatic heterocycles. The zero-order valence-electron chi connectivity index (χ0n) is 12.1. The summed E-state index contributed by atoms with van der Waals surface area (Å²) in [4.78, 5) is 12.4. The number of hydrogen-bond donors (Lipinski definition) is 4. The Bertz CT molecular complexity index is 767. The van der Waals surface area contributed by atoms with Crippen LogP contribution in [0.15, 0.2) is 30.3 Å². The Morgan fingerprint density at radius 1 is 1.13 bits per heavy atom. The Labute approximate surface area is 131 Å². The van der Waals surface area contributed by atoms with Crippen molar-refractivity contribution in [2.75, 3.05) is 7.11 Å². The lowest BCUT2D eigenvalue weighted by Gasteiger charge is -2.30. The Morgan fingerprint density at radius 3 is 2.39 bits per heavy atom. The van der Waals surface area contributed by atoms with Gasteiger partial charge in [0.05, 0.1) is 7.11 Å². The second-order valence-corrected chi connectivity index (χ2v) is 5.09. The minimum atomic E-state index is -1.55. The van der Waals surface area contributed by atoms with Crippen LogP contribution < -0.4 is 9.47 Å². The van der Waals surface area contributed by atoms with E-state index in [0.29, 0.717) is 5.56 Å². The molecular formula is C16H14O7. The van der Waals surface area contributed by atoms with Crippen molar-refractivity contribution < 1.29 is 34.7 Å². The summed E-state index contributed by atoms with van der Waals surface area (Å²) in [6.07, 6.45) is -2.57. The van der Waals surface area contributed by atoms with Gasteiger partial charge in [-0.15, -0.1) is 0 Å². The van der Waals surface area contributed by atoms with E-state index in [1.807, 2.05) is 0 Å². The normalized spacial score (nSPS) is 19.8. The lowest BCUT2D eigenvalue weighted by Crippen LogP contribution is -2.36. The van der Waals surface area contributed by atoms with E-state index in [1.54, 1.807) is 0 Å². The van der Waals surface area contributed by atoms with Crippen LogP contribution in [0.5, 0.6) is 28.7 Å². The van der Waals surface area contributed by atoms with Gasteiger partial charge in [0.2, 0.25) is 11.5 Å². The molecule has 0 amide bonds. The molecule has 0 spiro atoms. The number of carbonyl (C=O) groups excluding carboxylic acids is 1. The third kappa shape index (κ3) is 2.31. The fraction of sp³-hybridized carbons (Fsp3) is 0.188. The number of ketones is 1. The van der Waals surface area contributed by atoms with Crippen molar-refractivity contribution >= 4 is 5.78 Å². The quantitative estimate of drug-likeness (QED) is 0.663. The van der Waals surface area contributed by atoms with Crippen molar-refractivity contribution in [3.8, 4) is 28.7 Å². The van der Waals surface area contributed by atoms with Gasteiger partial charge in [-0.1, -0.05) is 12.1 Å². The summed E-state index contributed by atoms with van der Waals surface area (Å²) in [5.41, 5.74) is 0.214. The highest BCUT2D eigenvalue weighted by Gasteiger charge is 2.40. The predicted octanol–water partition coefficient (Wildman–Crippen LogP) is 1.49. The van der Waals surface area contributed by atoms with Gasteiger partial charge in [0, 0.05) is 6.07 Å². The molecule has 2 atom stereocenters. The number of aliphatic hydroxyl groups is 1. The minimum absolute atomic E-state index is 0.0331. The first-order chi connectivity index (χ1) is 10.9. The topological polar surface area (TPSA) is 116 Å². The van der Waals surface area contributed by atoms with Crippen LogP contribution in [0.1, 0.15) is 22.0 Å². The number of ether oxygens (including phenoxy) is 2. The Hall–Kier alpha value is -2.93. The van der Waals surface area contributed by atoms with Crippen LogP contribution in [-0.4, -0.2) is 39.4 Å². The summed E-state index contributed by atoms with van der Waals surface area (Å²) in [5, 5.41) is 39.4. The molecular weight excluding hydrogens is 304 g/mol. The van der Waals surface area contributed by atoms with Crippen LogP contribution in [0.2, 0.25) is 0 Å². The number of benzene rings is 2. The van der Waals surface area contributed by atoms with Gasteiger partial charge in [-0.2, -0.15) is 0 Å². The van der Waals surface area contributed by atoms with Crippen LogP contribution in [0.25, 0.3) is 0 Å². The number of Topliss-reactive ketones (excluding diaryl/α,β-unsaturated/α-hetero) is 1. The second-order valence-electron chi connectivity index (χ2n) is 5.09. The van der Waals surface area contributed by atoms with Crippen molar-refractivity contribution in [2.24, 2.45) is 0 Å². The zero-order chi connectivity index (χ0) is 16.7. The summed E-state index contributed by atoms with van der Waals surface area (Å²) in [7, 11) is 1.23. The smallest absolute Gasteiger partial charge is 0.203 e. The molecule has 0 saturated heterocycles. The molecule has 2 aromatic rings. The molecule has 120 valence electrons. The first kappa shape index (κ1) is 15.0. The summed E-state index contributed by atoms with van der Waals surface area (Å²) >= 11 is 0. The molecule has 0 aromatic heterocycles. The molecule has 23 heavy (non-hydrogen) atoms. The Balaban J connectivity index is 2.09. The highest BCUT2D eigenvalue weighted by molar-refractivity contribution is 6.06. The highest BCUT2D eigenvalue weighted by Crippen LogP contribution is 2.48. The van der Waals surface area contributed by atoms with Gasteiger partial charge in [-0.05, 0) is 17.7 Å². The molecule has 0 aliphatic carbocycles. The van der Waals surface area contributed by atoms with Crippen LogP contribution in [-0.2, 0) is 0 Å². The number of phenolic OH excluding ortho intramolecular Hbond substituents is 3. The number of aromatic hydroxyl groups is 3. The maximum absolute atomic E-state index is 12.4. The molecule has 1 heterocycles. The third-order valence-corrected chi connectivity index (χ3v) is 3.68. The van der Waals surface area contributed by atoms with E-state index >= 15 is 0 Å². The summed E-state index contributed by atoms with van der Waals surface area (Å²) in [6, 6.07) is 6.95. The van der Waals surface area contributed by atoms with Crippen molar-refractivity contribution in [3.05, 3.63) is 41.5 Å². The number of carbonyl (C=O) groups is 1. The minimum Gasteiger partial charge on any atom is -0.508 e. The molecule has 0 unspecified atom stereocenters. The van der Waals surface area contributed by atoms with E-state index in [0.717, 1.165) is 6.07 Å². The van der Waals surface area contributed by atoms with Gasteiger partial charge in [0.1, 0.15) is 17.1 Å². The average molecular weight is 318 g/mol. The average Bonchev–Trinajstić information content (AvgIpc) is 2.52. The van der Waals surface area contributed by atoms with Gasteiger partial charge >= 0.3 is 0 Å². The van der Waals surface area contributed by atoms with Gasteiger partial charge in [-0.3, -0.25) is 4.79 Å². The highest BCUT2D eigenvalue weighted by atomic mass is 16.5. The van der Waals surface area contributed by atoms with E-state index in [1.165, 1.54) is 31.4 Å². The van der Waals surface area contributed by atoms with Gasteiger partial charge in [0.25, 0.3) is 0 Å². The summed E-state index contributed by atoms with van der Waals surface area (Å²) in [5.74, 6) is -2.02. The SMILES string of the molecule is COc1c(O)cc2c(c1O)C(=O)[C@H](O)[C@H](c1ccc(O)cc1)O2. The van der Waals surface area contributed by atoms with Gasteiger partial charge in [0.15, 0.2) is 23.7 Å². The molecule has 7 heteroatoms. The molecule has 1 aliphatic rings. The van der Waals surface area contributed by atoms with Crippen LogP contribution >= 0.6 is 0 Å². The van der Waals surface area contributed by atoms with E-state index in [2.05, 4.69) is 0 Å². The predicted molar refractivity (Wildman–Crippen MR) is 78.1 cm³/mol. The first-order valence-electron chi connectivity index (χ1n) is 6.74. The lowest BCUT2D eigenvalue weighted by atomic mass is 9.92. The van der Waals surface area contributed by atoms with Crippen molar-refractivity contribution in [1.82, 2.24) is 0 Å². The monoisotopic (exact) mass is 318 g/mol. The first-order valence-corrected chi connectivity index (χ1v) is 6.74. The maximum atomic E-state index is 12.4. The summed E-state index contributed by atoms with van der Waals surface area (Å²) < 4.78 is 10.4. The fourth-order valence-corrected chi connectivity index (χ4v) is 2.55. The van der Waals surface area contributed by atoms with E-state index in [-0.39, 0.29) is 22.8 Å². The Morgan fingerprint density at radius 2 is 1.78 bits per heavy atom. The Kier molecular flexibility index (Phi) is 3.49. The van der Waals surface area contributed by atoms with E-state index < -0.39 is 29.5 Å². The second kappa shape index (κ2) is 5.36. The molecule has 3 rings (SSSR count). The fourth-order valence-electron chi connectivity index (χ4n) is 2.55. The lowest BCUT2D eigenvalue weighted by molar-refractivity contribution is 0.0209. The van der Waals surface area contributed by atoms with Crippen molar-refractivity contribution in [2.45, 2.75) is 12.2 Å². The van der Waals surface area contributed by atoms with Crippen LogP contribution in [0.3, 0.4) is 0 Å². The molecule has 0 bridgehead atoms. The van der Waals surface area contributed by atoms with Gasteiger partial charge in [-0.25, -0.2) is 0 Å². The molecule has 0 radical (unpaired) electrons. The number of rotatable bonds is 2. The molecule has 0 fully saturated rings. The number of phenols is 3. The van der Waals surface area contributed by atoms with Crippen molar-refractivity contribution in [3.63, 3.8) is 0 Å². The molecule has 4 N–H and O–H groups in total. The molecule has 0 saturated carbocycles. The van der Waals surface area contributed by atoms with Gasteiger partial charge < -0.3 is 29.9 Å². The third-order valence-electron chi connectivity index (χ3n) is 3.68. The van der Waals surface area contributed by atoms with E-state index in [4.69, 9.17) is 9.47 Å². The van der Waals surface area contributed by atoms with Crippen LogP contribution in [0.4, 0.5) is 0 Å². The molecule has 2 aromatic carbocycles. The maximum Gasteiger partial charge on any atom is 0.203 e. The number of methoxy groups -OCH3 is 1. The molecule has 7 nitrogen and oxygen atoms in total. The number of hydrogen-bond acceptors (Lipinski definition) is 7. The summed E-state index contributed by atoms with van der Waals surface area (Å²) in [6.45, 7) is 0. The zero-order valence-corrected chi connectivity index (χ0v) is 12.1. The van der Waals surface area contributed by atoms with Crippen LogP contribution in [0, 0.1) is 0 Å². The van der Waals surface area contributed by atoms with Crippen molar-refractivity contribution in [1.29, 1.82) is 0 Å². The number of fused-ring (bicyclic) bond motifs is 1. The number of aliphatic hydroxyl groups excluding tert-OH is 1. The van der Waals surface area contributed by atoms with E-state index in [9.17, 15) is 25.2 Å². The standard InChI is InChI=1S/C16H14O7/c1-22-16-9(18)6-10-11(13(16)20)12(19)14(21)15(23-10)7-2-4-8(17)5-3-7/h2-6,14-15,17-18,20-21H,1H3/t14-,15-/m0/s1.